The summed E-state index contributed by atoms with van der Waals surface area (Å²) < 4.78 is 31.3. The third-order valence-electron chi connectivity index (χ3n) is 9.48. The summed E-state index contributed by atoms with van der Waals surface area (Å²) in [5.74, 6) is -2.55. The molecule has 302 valence electrons. The molecule has 0 saturated carbocycles. The maximum absolute atomic E-state index is 13.8. The highest BCUT2D eigenvalue weighted by molar-refractivity contribution is 5.91. The minimum Gasteiger partial charge on any atom is -0.462 e. The Balaban J connectivity index is 2.18. The van der Waals surface area contributed by atoms with Crippen LogP contribution in [-0.2, 0) is 47.7 Å². The molecule has 2 aliphatic heterocycles. The second-order valence-electron chi connectivity index (χ2n) is 18.2. The van der Waals surface area contributed by atoms with Gasteiger partial charge in [0.05, 0.1) is 27.7 Å². The number of unbranched alkanes of at least 4 members (excludes halogenated alkanes) is 3. The van der Waals surface area contributed by atoms with Crippen molar-refractivity contribution < 1.29 is 52.8 Å². The zero-order valence-electron chi connectivity index (χ0n) is 34.1. The predicted molar refractivity (Wildman–Crippen MR) is 201 cm³/mol. The summed E-state index contributed by atoms with van der Waals surface area (Å²) in [5, 5.41) is 9.12. The molecular formula is C42H63NO11. The third-order valence-corrected chi connectivity index (χ3v) is 9.48. The number of esters is 4. The minimum absolute atomic E-state index is 0.0708. The quantitative estimate of drug-likeness (QED) is 0.123. The summed E-state index contributed by atoms with van der Waals surface area (Å²) in [6.07, 6.45) is 0.160. The molecule has 3 rings (SSSR count). The summed E-state index contributed by atoms with van der Waals surface area (Å²) in [7, 11) is 0. The maximum Gasteiger partial charge on any atom is 0.311 e. The Bertz CT molecular complexity index is 1480. The summed E-state index contributed by atoms with van der Waals surface area (Å²) in [5.41, 5.74) is -3.10. The molecule has 2 heterocycles. The van der Waals surface area contributed by atoms with E-state index in [0.717, 1.165) is 24.8 Å². The van der Waals surface area contributed by atoms with Gasteiger partial charge in [0, 0.05) is 19.2 Å². The number of carbonyl (C=O) groups excluding carboxylic acids is 5. The van der Waals surface area contributed by atoms with Gasteiger partial charge in [0.25, 0.3) is 0 Å². The molecule has 1 aromatic rings. The van der Waals surface area contributed by atoms with Crippen molar-refractivity contribution in [3.63, 3.8) is 0 Å². The lowest BCUT2D eigenvalue weighted by Gasteiger charge is -2.50. The molecule has 12 nitrogen and oxygen atoms in total. The second-order valence-corrected chi connectivity index (χ2v) is 18.2. The number of hydrogen-bond acceptors (Lipinski definition) is 12. The Kier molecular flexibility index (Phi) is 15.1. The smallest absolute Gasteiger partial charge is 0.311 e. The van der Waals surface area contributed by atoms with Crippen molar-refractivity contribution >= 4 is 29.7 Å². The predicted octanol–water partition coefficient (Wildman–Crippen LogP) is 6.63. The number of nitrogens with zero attached hydrogens (tertiary/aromatic N) is 1. The van der Waals surface area contributed by atoms with Gasteiger partial charge < -0.3 is 33.7 Å². The van der Waals surface area contributed by atoms with E-state index in [9.17, 15) is 24.0 Å². The molecule has 12 heteroatoms. The van der Waals surface area contributed by atoms with Crippen LogP contribution in [0.25, 0.3) is 0 Å². The van der Waals surface area contributed by atoms with E-state index in [1.54, 1.807) is 87.3 Å². The first-order chi connectivity index (χ1) is 25.0. The number of rotatable bonds is 14. The lowest BCUT2D eigenvalue weighted by atomic mass is 9.87. The van der Waals surface area contributed by atoms with Crippen molar-refractivity contribution in [3.8, 4) is 0 Å². The van der Waals surface area contributed by atoms with Crippen LogP contribution in [0.4, 0.5) is 0 Å². The van der Waals surface area contributed by atoms with Crippen LogP contribution in [0.3, 0.4) is 0 Å². The van der Waals surface area contributed by atoms with Crippen LogP contribution >= 0.6 is 0 Å². The number of allylic oxidation sites excluding steroid dienone is 1. The van der Waals surface area contributed by atoms with E-state index >= 15 is 0 Å². The fraction of sp³-hybridized carbons (Fsp3) is 0.690. The molecule has 1 N–H and O–H groups in total. The largest absolute Gasteiger partial charge is 0.462 e. The van der Waals surface area contributed by atoms with Gasteiger partial charge in [0.1, 0.15) is 12.7 Å². The van der Waals surface area contributed by atoms with Gasteiger partial charge in [0.2, 0.25) is 0 Å². The van der Waals surface area contributed by atoms with Crippen molar-refractivity contribution in [1.29, 1.82) is 0 Å². The van der Waals surface area contributed by atoms with Crippen LogP contribution in [-0.4, -0.2) is 83.5 Å². The Hall–Kier alpha value is -3.77. The Morgan fingerprint density at radius 1 is 0.722 bits per heavy atom. The highest BCUT2D eigenvalue weighted by atomic mass is 16.7. The van der Waals surface area contributed by atoms with Crippen LogP contribution in [0, 0.1) is 21.7 Å². The van der Waals surface area contributed by atoms with Crippen molar-refractivity contribution in [2.24, 2.45) is 21.7 Å². The molecule has 0 spiro atoms. The fourth-order valence-electron chi connectivity index (χ4n) is 5.92. The van der Waals surface area contributed by atoms with Gasteiger partial charge in [-0.1, -0.05) is 49.6 Å². The van der Waals surface area contributed by atoms with Gasteiger partial charge in [-0.15, -0.1) is 0 Å². The Morgan fingerprint density at radius 2 is 1.24 bits per heavy atom. The first-order valence-electron chi connectivity index (χ1n) is 19.1. The summed E-state index contributed by atoms with van der Waals surface area (Å²) >= 11 is 0. The monoisotopic (exact) mass is 757 g/mol. The van der Waals surface area contributed by atoms with E-state index in [2.05, 4.69) is 0 Å². The van der Waals surface area contributed by atoms with Crippen molar-refractivity contribution in [2.45, 2.75) is 151 Å². The van der Waals surface area contributed by atoms with Crippen LogP contribution in [0.2, 0.25) is 0 Å². The molecule has 0 radical (unpaired) electrons. The average Bonchev–Trinajstić information content (AvgIpc) is 3.07. The van der Waals surface area contributed by atoms with Gasteiger partial charge in [0.15, 0.2) is 30.3 Å². The van der Waals surface area contributed by atoms with Gasteiger partial charge in [-0.2, -0.15) is 0 Å². The van der Waals surface area contributed by atoms with Crippen molar-refractivity contribution in [1.82, 2.24) is 4.90 Å². The number of carbonyl (C=O) groups is 5. The lowest BCUT2D eigenvalue weighted by Crippen LogP contribution is -2.67. The lowest BCUT2D eigenvalue weighted by molar-refractivity contribution is -0.283. The van der Waals surface area contributed by atoms with Gasteiger partial charge in [-0.25, -0.2) is 0 Å². The molecule has 2 aliphatic rings. The van der Waals surface area contributed by atoms with E-state index in [4.69, 9.17) is 28.8 Å². The summed E-state index contributed by atoms with van der Waals surface area (Å²) in [6.45, 7) is 18.4. The van der Waals surface area contributed by atoms with E-state index in [1.807, 2.05) is 30.3 Å². The zero-order valence-corrected chi connectivity index (χ0v) is 34.1. The Labute approximate surface area is 321 Å². The Morgan fingerprint density at radius 3 is 1.78 bits per heavy atom. The first-order valence-corrected chi connectivity index (χ1v) is 19.1. The molecule has 0 aliphatic carbocycles. The highest BCUT2D eigenvalue weighted by Gasteiger charge is 2.57. The summed E-state index contributed by atoms with van der Waals surface area (Å²) in [6, 6.07) is 8.73. The number of ether oxygens (including phenoxy) is 5. The molecule has 0 bridgehead atoms. The van der Waals surface area contributed by atoms with Gasteiger partial charge in [-0.05, 0) is 101 Å². The highest BCUT2D eigenvalue weighted by Crippen LogP contribution is 2.40. The molecular weight excluding hydrogens is 694 g/mol. The molecule has 1 saturated heterocycles. The number of benzene rings is 1. The molecule has 54 heavy (non-hydrogen) atoms. The van der Waals surface area contributed by atoms with Crippen LogP contribution < -0.4 is 0 Å². The van der Waals surface area contributed by atoms with Crippen molar-refractivity contribution in [2.75, 3.05) is 13.2 Å². The molecule has 0 unspecified atom stereocenters. The van der Waals surface area contributed by atoms with Crippen LogP contribution in [0.5, 0.6) is 0 Å². The summed E-state index contributed by atoms with van der Waals surface area (Å²) in [4.78, 5) is 69.4. The fourth-order valence-corrected chi connectivity index (χ4v) is 5.92. The second kappa shape index (κ2) is 18.2. The molecule has 1 aromatic carbocycles. The van der Waals surface area contributed by atoms with E-state index in [0.29, 0.717) is 12.8 Å². The van der Waals surface area contributed by atoms with Gasteiger partial charge in [-0.3, -0.25) is 24.0 Å². The number of aliphatic hydroxyl groups excluding tert-OH is 1. The number of aliphatic hydroxyl groups is 1. The molecule has 0 amide bonds. The van der Waals surface area contributed by atoms with Gasteiger partial charge >= 0.3 is 23.9 Å². The molecule has 1 fully saturated rings. The standard InChI is InChI=1S/C42H63NO11/c1-39(2,3)35(46)52-31-30(26-50-38(49)42(10,11)22-17-12-13-18-24-44)51-34(43-23-21-28(45)25-29(43)27-19-15-14-16-20-27)33(54-37(48)41(7,8)9)32(31)53-36(47)40(4,5)6/h14-16,19-21,23,29-34,44H,12-13,17-18,22,24-26H2,1-11H3/t29-,30+,31-,32-,33+,34+/m0/s1. The zero-order chi connectivity index (χ0) is 40.6. The molecule has 6 atom stereocenters. The normalized spacial score (nSPS) is 23.8. The third kappa shape index (κ3) is 12.1. The SMILES string of the molecule is CC(C)(C)C(=O)O[C@@H]1[C@@H](OC(=O)C(C)(C)C)[C@H](N2C=CC(=O)C[C@H]2c2ccccc2)O[C@H](COC(=O)C(C)(C)CCCCCCO)[C@@H]1OC(=O)C(C)(C)C. The van der Waals surface area contributed by atoms with E-state index in [1.165, 1.54) is 6.08 Å². The minimum atomic E-state index is -1.42. The molecule has 0 aromatic heterocycles. The average molecular weight is 758 g/mol. The number of hydrogen-bond donors (Lipinski definition) is 1. The van der Waals surface area contributed by atoms with Crippen LogP contribution in [0.15, 0.2) is 42.6 Å². The van der Waals surface area contributed by atoms with E-state index < -0.39 is 82.2 Å². The first kappa shape index (κ1) is 44.6. The maximum atomic E-state index is 13.8. The topological polar surface area (TPSA) is 155 Å². The number of ketones is 1. The van der Waals surface area contributed by atoms with Crippen molar-refractivity contribution in [3.05, 3.63) is 48.2 Å². The van der Waals surface area contributed by atoms with E-state index in [-0.39, 0.29) is 25.4 Å². The van der Waals surface area contributed by atoms with Crippen LogP contribution in [0.1, 0.15) is 126 Å².